The third-order valence-corrected chi connectivity index (χ3v) is 2.96. The molecule has 0 spiro atoms. The molecule has 0 fully saturated rings. The van der Waals surface area contributed by atoms with Crippen molar-refractivity contribution in [2.75, 3.05) is 17.4 Å². The maximum atomic E-state index is 5.38. The van der Waals surface area contributed by atoms with Crippen LogP contribution in [-0.2, 0) is 6.54 Å². The summed E-state index contributed by atoms with van der Waals surface area (Å²) in [7, 11) is 5.38. The van der Waals surface area contributed by atoms with Gasteiger partial charge in [0.05, 0.1) is 7.05 Å². The molecule has 0 bridgehead atoms. The van der Waals surface area contributed by atoms with Crippen LogP contribution >= 0.6 is 0 Å². The minimum Gasteiger partial charge on any atom is -0.454 e. The zero-order chi connectivity index (χ0) is 13.1. The van der Waals surface area contributed by atoms with Crippen molar-refractivity contribution in [2.24, 2.45) is 0 Å². The third kappa shape index (κ3) is 2.57. The van der Waals surface area contributed by atoms with Crippen molar-refractivity contribution in [2.45, 2.75) is 6.54 Å². The second-order valence-corrected chi connectivity index (χ2v) is 4.27. The zero-order valence-corrected chi connectivity index (χ0v) is 10.3. The van der Waals surface area contributed by atoms with E-state index in [1.165, 1.54) is 0 Å². The lowest BCUT2D eigenvalue weighted by molar-refractivity contribution is 0.174. The number of fused-ring (bicyclic) bond motifs is 1. The molecular weight excluding hydrogens is 240 g/mol. The van der Waals surface area contributed by atoms with Gasteiger partial charge < -0.3 is 20.1 Å². The number of rotatable bonds is 4. The van der Waals surface area contributed by atoms with Gasteiger partial charge in [0.25, 0.3) is 0 Å². The Balaban J connectivity index is 1.68. The predicted molar refractivity (Wildman–Crippen MR) is 74.3 cm³/mol. The molecule has 2 aromatic carbocycles. The third-order valence-electron chi connectivity index (χ3n) is 2.96. The molecule has 4 heteroatoms. The summed E-state index contributed by atoms with van der Waals surface area (Å²) in [5.41, 5.74) is 3.01. The van der Waals surface area contributed by atoms with Gasteiger partial charge in [-0.15, -0.1) is 0 Å². The van der Waals surface area contributed by atoms with E-state index in [0.29, 0.717) is 13.3 Å². The van der Waals surface area contributed by atoms with Gasteiger partial charge in [-0.1, -0.05) is 12.1 Å². The minimum atomic E-state index is 0.302. The van der Waals surface area contributed by atoms with Gasteiger partial charge in [-0.3, -0.25) is 0 Å². The lowest BCUT2D eigenvalue weighted by atomic mass is 10.2. The van der Waals surface area contributed by atoms with Gasteiger partial charge in [-0.25, -0.2) is 0 Å². The molecule has 1 heterocycles. The van der Waals surface area contributed by atoms with Crippen LogP contribution in [0.5, 0.6) is 11.5 Å². The first-order valence-corrected chi connectivity index (χ1v) is 6.04. The van der Waals surface area contributed by atoms with Crippen LogP contribution in [0.4, 0.5) is 11.4 Å². The highest BCUT2D eigenvalue weighted by molar-refractivity contribution is 5.57. The van der Waals surface area contributed by atoms with Gasteiger partial charge in [0.2, 0.25) is 6.79 Å². The highest BCUT2D eigenvalue weighted by atomic mass is 16.7. The topological polar surface area (TPSA) is 42.5 Å². The van der Waals surface area contributed by atoms with Crippen LogP contribution in [0.2, 0.25) is 0 Å². The van der Waals surface area contributed by atoms with Crippen LogP contribution in [0.15, 0.2) is 42.5 Å². The molecule has 2 N–H and O–H groups in total. The van der Waals surface area contributed by atoms with Gasteiger partial charge in [-0.2, -0.15) is 0 Å². The number of benzene rings is 2. The van der Waals surface area contributed by atoms with E-state index in [1.54, 1.807) is 0 Å². The summed E-state index contributed by atoms with van der Waals surface area (Å²) >= 11 is 0. The van der Waals surface area contributed by atoms with Crippen molar-refractivity contribution in [3.63, 3.8) is 0 Å². The maximum Gasteiger partial charge on any atom is 0.231 e. The lowest BCUT2D eigenvalue weighted by Crippen LogP contribution is -1.99. The van der Waals surface area contributed by atoms with Gasteiger partial charge in [0, 0.05) is 17.9 Å². The SMILES string of the molecule is [CH]Nc1cccc(NCc2ccc3c(c2)OCO3)c1. The quantitative estimate of drug-likeness (QED) is 0.823. The van der Waals surface area contributed by atoms with Gasteiger partial charge in [0.15, 0.2) is 11.5 Å². The van der Waals surface area contributed by atoms with E-state index in [0.717, 1.165) is 28.4 Å². The summed E-state index contributed by atoms with van der Waals surface area (Å²) in [5.74, 6) is 1.61. The monoisotopic (exact) mass is 254 g/mol. The summed E-state index contributed by atoms with van der Waals surface area (Å²) < 4.78 is 10.6. The Kier molecular flexibility index (Phi) is 3.14. The van der Waals surface area contributed by atoms with Gasteiger partial charge in [-0.05, 0) is 35.9 Å². The molecule has 2 radical (unpaired) electrons. The van der Waals surface area contributed by atoms with Crippen LogP contribution < -0.4 is 20.1 Å². The maximum absolute atomic E-state index is 5.38. The first-order valence-electron chi connectivity index (χ1n) is 6.04. The molecule has 0 aliphatic carbocycles. The van der Waals surface area contributed by atoms with Crippen molar-refractivity contribution in [3.8, 4) is 11.5 Å². The highest BCUT2D eigenvalue weighted by Gasteiger charge is 2.12. The Morgan fingerprint density at radius 1 is 1.00 bits per heavy atom. The second kappa shape index (κ2) is 5.10. The van der Waals surface area contributed by atoms with Crippen molar-refractivity contribution in [1.82, 2.24) is 0 Å². The van der Waals surface area contributed by atoms with Gasteiger partial charge >= 0.3 is 0 Å². The molecule has 19 heavy (non-hydrogen) atoms. The minimum absolute atomic E-state index is 0.302. The van der Waals surface area contributed by atoms with E-state index < -0.39 is 0 Å². The molecule has 1 aliphatic heterocycles. The normalized spacial score (nSPS) is 12.3. The summed E-state index contributed by atoms with van der Waals surface area (Å²) in [4.78, 5) is 0. The van der Waals surface area contributed by atoms with E-state index in [9.17, 15) is 0 Å². The van der Waals surface area contributed by atoms with E-state index in [4.69, 9.17) is 16.5 Å². The Morgan fingerprint density at radius 3 is 2.74 bits per heavy atom. The molecule has 0 atom stereocenters. The summed E-state index contributed by atoms with van der Waals surface area (Å²) in [6.07, 6.45) is 0. The molecule has 0 saturated heterocycles. The Morgan fingerprint density at radius 2 is 1.84 bits per heavy atom. The van der Waals surface area contributed by atoms with Crippen molar-refractivity contribution >= 4 is 11.4 Å². The van der Waals surface area contributed by atoms with Crippen LogP contribution in [0.25, 0.3) is 0 Å². The summed E-state index contributed by atoms with van der Waals surface area (Å²) in [5, 5.41) is 5.96. The average molecular weight is 254 g/mol. The number of nitrogens with one attached hydrogen (secondary N) is 2. The number of ether oxygens (including phenoxy) is 2. The highest BCUT2D eigenvalue weighted by Crippen LogP contribution is 2.32. The zero-order valence-electron chi connectivity index (χ0n) is 10.3. The molecule has 0 amide bonds. The molecular formula is C15H14N2O2. The van der Waals surface area contributed by atoms with E-state index in [1.807, 2.05) is 42.5 Å². The van der Waals surface area contributed by atoms with Crippen LogP contribution in [-0.4, -0.2) is 6.79 Å². The molecule has 0 aromatic heterocycles. The number of hydrogen-bond acceptors (Lipinski definition) is 4. The molecule has 96 valence electrons. The van der Waals surface area contributed by atoms with Crippen molar-refractivity contribution in [1.29, 1.82) is 0 Å². The fourth-order valence-corrected chi connectivity index (χ4v) is 1.97. The Bertz CT molecular complexity index is 584. The fraction of sp³-hybridized carbons (Fsp3) is 0.133. The Labute approximate surface area is 112 Å². The largest absolute Gasteiger partial charge is 0.454 e. The molecule has 0 unspecified atom stereocenters. The van der Waals surface area contributed by atoms with Gasteiger partial charge in [0.1, 0.15) is 0 Å². The van der Waals surface area contributed by atoms with Crippen LogP contribution in [0, 0.1) is 7.05 Å². The lowest BCUT2D eigenvalue weighted by Gasteiger charge is -2.08. The van der Waals surface area contributed by atoms with E-state index in [-0.39, 0.29) is 0 Å². The summed E-state index contributed by atoms with van der Waals surface area (Å²) in [6, 6.07) is 13.7. The predicted octanol–water partition coefficient (Wildman–Crippen LogP) is 3.11. The van der Waals surface area contributed by atoms with Crippen molar-refractivity contribution in [3.05, 3.63) is 55.1 Å². The molecule has 0 saturated carbocycles. The van der Waals surface area contributed by atoms with E-state index in [2.05, 4.69) is 10.6 Å². The summed E-state index contributed by atoms with van der Waals surface area (Å²) in [6.45, 7) is 1.01. The molecule has 1 aliphatic rings. The smallest absolute Gasteiger partial charge is 0.231 e. The number of hydrogen-bond donors (Lipinski definition) is 2. The van der Waals surface area contributed by atoms with Crippen molar-refractivity contribution < 1.29 is 9.47 Å². The molecule has 2 aromatic rings. The Hall–Kier alpha value is -2.36. The average Bonchev–Trinajstić information content (AvgIpc) is 2.93. The standard InChI is InChI=1S/C15H14N2O2/c1-16-12-3-2-4-13(8-12)17-9-11-5-6-14-15(7-11)19-10-18-14/h1-8,16-17H,9-10H2. The second-order valence-electron chi connectivity index (χ2n) is 4.27. The van der Waals surface area contributed by atoms with Crippen LogP contribution in [0.1, 0.15) is 5.56 Å². The first-order chi connectivity index (χ1) is 9.35. The fourth-order valence-electron chi connectivity index (χ4n) is 1.97. The van der Waals surface area contributed by atoms with E-state index >= 15 is 0 Å². The number of anilines is 2. The van der Waals surface area contributed by atoms with Crippen LogP contribution in [0.3, 0.4) is 0 Å². The first kappa shape index (κ1) is 11.7. The molecule has 3 rings (SSSR count). The molecule has 4 nitrogen and oxygen atoms in total.